The summed E-state index contributed by atoms with van der Waals surface area (Å²) in [6, 6.07) is 24.8. The number of carboxylic acids is 1. The van der Waals surface area contributed by atoms with Crippen LogP contribution >= 0.6 is 0 Å². The van der Waals surface area contributed by atoms with E-state index in [-0.39, 0.29) is 5.92 Å². The molecule has 2 aromatic carbocycles. The predicted molar refractivity (Wildman–Crippen MR) is 164 cm³/mol. The Labute approximate surface area is 244 Å². The molecule has 42 heavy (non-hydrogen) atoms. The average Bonchev–Trinajstić information content (AvgIpc) is 3.38. The second-order valence-corrected chi connectivity index (χ2v) is 11.7. The highest BCUT2D eigenvalue weighted by molar-refractivity contribution is 5.85. The molecule has 1 saturated heterocycles. The molecule has 3 N–H and O–H groups in total. The van der Waals surface area contributed by atoms with Gasteiger partial charge in [0.05, 0.1) is 11.5 Å². The van der Waals surface area contributed by atoms with Gasteiger partial charge in [0.2, 0.25) is 0 Å². The molecule has 2 fully saturated rings. The molecule has 0 radical (unpaired) electrons. The Hall–Kier alpha value is -4.56. The summed E-state index contributed by atoms with van der Waals surface area (Å²) >= 11 is 0. The molecule has 8 heteroatoms. The fourth-order valence-electron chi connectivity index (χ4n) is 6.57. The SMILES string of the molecule is Nc1ncccc1-c1nc2cc(-c3ccccc3)cnc2n1-c1ccc(C2CN(C[C@H]3CC[C@H](C(=O)O)CC3)C2)cc1. The van der Waals surface area contributed by atoms with Gasteiger partial charge in [-0.15, -0.1) is 0 Å². The van der Waals surface area contributed by atoms with Crippen LogP contribution in [0.2, 0.25) is 0 Å². The van der Waals surface area contributed by atoms with Crippen molar-refractivity contribution in [2.75, 3.05) is 25.4 Å². The number of nitrogens with zero attached hydrogens (tertiary/aromatic N) is 5. The molecule has 8 nitrogen and oxygen atoms in total. The maximum absolute atomic E-state index is 11.3. The van der Waals surface area contributed by atoms with Gasteiger partial charge in [-0.05, 0) is 73.1 Å². The van der Waals surface area contributed by atoms with Gasteiger partial charge in [0.25, 0.3) is 0 Å². The summed E-state index contributed by atoms with van der Waals surface area (Å²) in [6.45, 7) is 3.18. The van der Waals surface area contributed by atoms with E-state index in [0.29, 0.717) is 23.5 Å². The first kappa shape index (κ1) is 26.3. The van der Waals surface area contributed by atoms with Crippen molar-refractivity contribution in [1.82, 2.24) is 24.4 Å². The van der Waals surface area contributed by atoms with Crippen molar-refractivity contribution in [1.29, 1.82) is 0 Å². The second kappa shape index (κ2) is 11.0. The number of carboxylic acid groups (broad SMARTS) is 1. The van der Waals surface area contributed by atoms with Crippen molar-refractivity contribution in [2.24, 2.45) is 11.8 Å². The molecule has 212 valence electrons. The standard InChI is InChI=1S/C34H34N6O2/c35-31-29(7-4-16-36-31)32-38-30-17-26(23-5-2-1-3-6-23)18-37-33(30)40(32)28-14-12-24(13-15-28)27-20-39(21-27)19-22-8-10-25(11-9-22)34(41)42/h1-7,12-18,22,25,27H,8-11,19-21H2,(H2,35,36)(H,41,42)/t22-,25-. The van der Waals surface area contributed by atoms with Crippen LogP contribution in [-0.4, -0.2) is 55.1 Å². The maximum atomic E-state index is 11.3. The molecule has 4 heterocycles. The highest BCUT2D eigenvalue weighted by Crippen LogP contribution is 2.35. The van der Waals surface area contributed by atoms with Crippen LogP contribution in [0, 0.1) is 11.8 Å². The lowest BCUT2D eigenvalue weighted by Crippen LogP contribution is -2.47. The quantitative estimate of drug-likeness (QED) is 0.251. The van der Waals surface area contributed by atoms with E-state index in [9.17, 15) is 9.90 Å². The molecule has 7 rings (SSSR count). The van der Waals surface area contributed by atoms with E-state index in [1.54, 1.807) is 6.20 Å². The van der Waals surface area contributed by atoms with Gasteiger partial charge in [0.15, 0.2) is 11.5 Å². The zero-order valence-electron chi connectivity index (χ0n) is 23.4. The average molecular weight is 559 g/mol. The third kappa shape index (κ3) is 5.03. The lowest BCUT2D eigenvalue weighted by Gasteiger charge is -2.42. The largest absolute Gasteiger partial charge is 0.481 e. The molecule has 5 aromatic rings. The Morgan fingerprint density at radius 1 is 0.905 bits per heavy atom. The van der Waals surface area contributed by atoms with Gasteiger partial charge in [-0.2, -0.15) is 0 Å². The van der Waals surface area contributed by atoms with Crippen molar-refractivity contribution >= 4 is 23.0 Å². The number of imidazole rings is 1. The zero-order valence-corrected chi connectivity index (χ0v) is 23.4. The Bertz CT molecular complexity index is 1720. The number of benzene rings is 2. The molecule has 3 aromatic heterocycles. The molecule has 1 saturated carbocycles. The summed E-state index contributed by atoms with van der Waals surface area (Å²) in [5.74, 6) is 1.50. The van der Waals surface area contributed by atoms with Gasteiger partial charge < -0.3 is 15.7 Å². The van der Waals surface area contributed by atoms with E-state index in [2.05, 4.69) is 56.9 Å². The lowest BCUT2D eigenvalue weighted by atomic mass is 9.80. The summed E-state index contributed by atoms with van der Waals surface area (Å²) in [4.78, 5) is 28.0. The minimum atomic E-state index is -0.631. The summed E-state index contributed by atoms with van der Waals surface area (Å²) in [5, 5.41) is 9.27. The molecule has 2 aliphatic rings. The van der Waals surface area contributed by atoms with Crippen LogP contribution in [-0.2, 0) is 4.79 Å². The predicted octanol–water partition coefficient (Wildman–Crippen LogP) is 6.02. The number of rotatable bonds is 7. The van der Waals surface area contributed by atoms with E-state index in [0.717, 1.165) is 78.9 Å². The third-order valence-corrected chi connectivity index (χ3v) is 8.98. The van der Waals surface area contributed by atoms with Crippen LogP contribution in [0.4, 0.5) is 5.82 Å². The van der Waals surface area contributed by atoms with Gasteiger partial charge >= 0.3 is 5.97 Å². The zero-order chi connectivity index (χ0) is 28.6. The van der Waals surface area contributed by atoms with Crippen molar-refractivity contribution in [3.8, 4) is 28.2 Å². The molecule has 0 unspecified atom stereocenters. The second-order valence-electron chi connectivity index (χ2n) is 11.7. The minimum Gasteiger partial charge on any atom is -0.481 e. The van der Waals surface area contributed by atoms with Crippen molar-refractivity contribution in [3.05, 3.63) is 90.8 Å². The molecule has 1 aliphatic carbocycles. The smallest absolute Gasteiger partial charge is 0.306 e. The van der Waals surface area contributed by atoms with Crippen LogP contribution in [0.25, 0.3) is 39.4 Å². The van der Waals surface area contributed by atoms with Crippen LogP contribution in [0.1, 0.15) is 37.2 Å². The molecule has 0 spiro atoms. The van der Waals surface area contributed by atoms with E-state index in [4.69, 9.17) is 15.7 Å². The Morgan fingerprint density at radius 2 is 1.67 bits per heavy atom. The minimum absolute atomic E-state index is 0.146. The molecule has 1 aliphatic heterocycles. The first-order valence-corrected chi connectivity index (χ1v) is 14.7. The summed E-state index contributed by atoms with van der Waals surface area (Å²) in [5.41, 5.74) is 13.1. The first-order chi connectivity index (χ1) is 20.5. The molecule has 0 bridgehead atoms. The van der Waals surface area contributed by atoms with Gasteiger partial charge in [0.1, 0.15) is 11.3 Å². The number of anilines is 1. The third-order valence-electron chi connectivity index (χ3n) is 8.98. The fraction of sp³-hybridized carbons (Fsp3) is 0.294. The molecular formula is C34H34N6O2. The van der Waals surface area contributed by atoms with E-state index in [1.807, 2.05) is 36.5 Å². The van der Waals surface area contributed by atoms with Crippen LogP contribution in [0.15, 0.2) is 85.2 Å². The molecule has 0 atom stereocenters. The van der Waals surface area contributed by atoms with Crippen LogP contribution in [0.3, 0.4) is 0 Å². The number of hydrogen-bond acceptors (Lipinski definition) is 6. The van der Waals surface area contributed by atoms with Gasteiger partial charge in [-0.1, -0.05) is 42.5 Å². The lowest BCUT2D eigenvalue weighted by molar-refractivity contribution is -0.143. The Morgan fingerprint density at radius 3 is 2.38 bits per heavy atom. The van der Waals surface area contributed by atoms with Gasteiger partial charge in [-0.25, -0.2) is 15.0 Å². The highest BCUT2D eigenvalue weighted by Gasteiger charge is 2.32. The van der Waals surface area contributed by atoms with E-state index < -0.39 is 5.97 Å². The monoisotopic (exact) mass is 558 g/mol. The number of nitrogen functional groups attached to an aromatic ring is 1. The number of fused-ring (bicyclic) bond motifs is 1. The van der Waals surface area contributed by atoms with Crippen LogP contribution < -0.4 is 5.73 Å². The first-order valence-electron chi connectivity index (χ1n) is 14.7. The maximum Gasteiger partial charge on any atom is 0.306 e. The number of aromatic nitrogens is 4. The van der Waals surface area contributed by atoms with Gasteiger partial charge in [-0.3, -0.25) is 9.36 Å². The highest BCUT2D eigenvalue weighted by atomic mass is 16.4. The van der Waals surface area contributed by atoms with Crippen molar-refractivity contribution in [3.63, 3.8) is 0 Å². The van der Waals surface area contributed by atoms with E-state index in [1.165, 1.54) is 5.56 Å². The van der Waals surface area contributed by atoms with E-state index >= 15 is 0 Å². The summed E-state index contributed by atoms with van der Waals surface area (Å²) in [6.07, 6.45) is 7.27. The fourth-order valence-corrected chi connectivity index (χ4v) is 6.57. The Kier molecular flexibility index (Phi) is 6.91. The topological polar surface area (TPSA) is 110 Å². The Balaban J connectivity index is 1.12. The summed E-state index contributed by atoms with van der Waals surface area (Å²) in [7, 11) is 0. The number of likely N-dealkylation sites (tertiary alicyclic amines) is 1. The summed E-state index contributed by atoms with van der Waals surface area (Å²) < 4.78 is 2.07. The number of aliphatic carboxylic acids is 1. The van der Waals surface area contributed by atoms with Gasteiger partial charge in [0, 0.05) is 49.2 Å². The van der Waals surface area contributed by atoms with Crippen molar-refractivity contribution < 1.29 is 9.90 Å². The molecule has 0 amide bonds. The van der Waals surface area contributed by atoms with Crippen molar-refractivity contribution in [2.45, 2.75) is 31.6 Å². The molecular weight excluding hydrogens is 524 g/mol. The number of pyridine rings is 2. The normalized spacial score (nSPS) is 19.5. The number of nitrogens with two attached hydrogens (primary N) is 1. The number of carbonyl (C=O) groups is 1. The van der Waals surface area contributed by atoms with Crippen LogP contribution in [0.5, 0.6) is 0 Å². The number of hydrogen-bond donors (Lipinski definition) is 2.